The minimum absolute atomic E-state index is 0.0185. The number of benzene rings is 3. The molecule has 4 rings (SSSR count). The van der Waals surface area contributed by atoms with Crippen LogP contribution in [0.15, 0.2) is 60.7 Å². The summed E-state index contributed by atoms with van der Waals surface area (Å²) in [5, 5.41) is 26.6. The summed E-state index contributed by atoms with van der Waals surface area (Å²) in [6.07, 6.45) is 0. The van der Waals surface area contributed by atoms with Gasteiger partial charge in [-0.05, 0) is 41.2 Å². The molecule has 2 atom stereocenters. The van der Waals surface area contributed by atoms with Crippen molar-refractivity contribution in [3.8, 4) is 5.75 Å². The van der Waals surface area contributed by atoms with Gasteiger partial charge in [0.1, 0.15) is 5.75 Å². The van der Waals surface area contributed by atoms with E-state index in [1.54, 1.807) is 12.1 Å². The Morgan fingerprint density at radius 1 is 1.23 bits per heavy atom. The van der Waals surface area contributed by atoms with Crippen molar-refractivity contribution >= 4 is 39.5 Å². The summed E-state index contributed by atoms with van der Waals surface area (Å²) in [5.41, 5.74) is 1.67. The molecule has 0 saturated carbocycles. The second-order valence-electron chi connectivity index (χ2n) is 7.24. The molecule has 0 aliphatic carbocycles. The Balaban J connectivity index is 1.67. The summed E-state index contributed by atoms with van der Waals surface area (Å²) >= 11 is 5.64. The average molecular weight is 423 g/mol. The average Bonchev–Trinajstić information content (AvgIpc) is 2.77. The quantitative estimate of drug-likeness (QED) is 0.371. The molecule has 3 aromatic rings. The van der Waals surface area contributed by atoms with Crippen LogP contribution in [-0.4, -0.2) is 40.3 Å². The van der Waals surface area contributed by atoms with Crippen LogP contribution < -0.4 is 10.1 Å². The molecule has 0 bridgehead atoms. The molecular formula is C22H21N3O4S. The van der Waals surface area contributed by atoms with Crippen LogP contribution >= 0.6 is 12.2 Å². The Labute approximate surface area is 179 Å². The van der Waals surface area contributed by atoms with Crippen LogP contribution in [0.25, 0.3) is 10.8 Å². The number of hydrogen-bond donors (Lipinski definition) is 2. The van der Waals surface area contributed by atoms with Gasteiger partial charge in [-0.25, -0.2) is 0 Å². The number of aliphatic hydroxyl groups is 1. The highest BCUT2D eigenvalue weighted by Gasteiger charge is 2.36. The van der Waals surface area contributed by atoms with E-state index in [1.165, 1.54) is 12.1 Å². The third-order valence-electron chi connectivity index (χ3n) is 5.43. The lowest BCUT2D eigenvalue weighted by Crippen LogP contribution is -2.43. The number of hydrogen-bond acceptors (Lipinski definition) is 5. The van der Waals surface area contributed by atoms with E-state index in [1.807, 2.05) is 48.3 Å². The van der Waals surface area contributed by atoms with E-state index in [-0.39, 0.29) is 24.3 Å². The largest absolute Gasteiger partial charge is 0.493 e. The second-order valence-corrected chi connectivity index (χ2v) is 7.63. The maximum Gasteiger partial charge on any atom is 0.269 e. The van der Waals surface area contributed by atoms with Crippen LogP contribution in [0, 0.1) is 16.0 Å². The molecule has 0 amide bonds. The van der Waals surface area contributed by atoms with Crippen molar-refractivity contribution in [3.63, 3.8) is 0 Å². The highest BCUT2D eigenvalue weighted by Crippen LogP contribution is 2.43. The highest BCUT2D eigenvalue weighted by molar-refractivity contribution is 7.80. The molecule has 154 valence electrons. The Kier molecular flexibility index (Phi) is 5.52. The normalized spacial score (nSPS) is 17.7. The first-order valence-corrected chi connectivity index (χ1v) is 9.94. The summed E-state index contributed by atoms with van der Waals surface area (Å²) in [6.45, 7) is 0.342. The van der Waals surface area contributed by atoms with Gasteiger partial charge in [-0.3, -0.25) is 10.1 Å². The molecule has 0 radical (unpaired) electrons. The zero-order valence-corrected chi connectivity index (χ0v) is 17.1. The monoisotopic (exact) mass is 423 g/mol. The number of anilines is 1. The molecule has 1 aliphatic rings. The van der Waals surface area contributed by atoms with E-state index in [2.05, 4.69) is 5.32 Å². The third kappa shape index (κ3) is 3.67. The summed E-state index contributed by atoms with van der Waals surface area (Å²) in [5.74, 6) is 0.623. The predicted molar refractivity (Wildman–Crippen MR) is 120 cm³/mol. The van der Waals surface area contributed by atoms with Crippen LogP contribution in [0.1, 0.15) is 11.6 Å². The maximum absolute atomic E-state index is 10.9. The van der Waals surface area contributed by atoms with Crippen molar-refractivity contribution in [3.05, 3.63) is 76.3 Å². The number of non-ortho nitro benzene ring substituents is 1. The van der Waals surface area contributed by atoms with Crippen LogP contribution in [0.3, 0.4) is 0 Å². The zero-order chi connectivity index (χ0) is 21.3. The van der Waals surface area contributed by atoms with Crippen molar-refractivity contribution in [1.29, 1.82) is 0 Å². The molecule has 8 heteroatoms. The molecule has 1 aliphatic heterocycles. The third-order valence-corrected chi connectivity index (χ3v) is 5.82. The molecule has 0 unspecified atom stereocenters. The summed E-state index contributed by atoms with van der Waals surface area (Å²) in [6, 6.07) is 18.0. The number of nitrogens with zero attached hydrogens (tertiary/aromatic N) is 2. The van der Waals surface area contributed by atoms with Crippen molar-refractivity contribution in [2.45, 2.75) is 6.04 Å². The molecule has 0 aromatic heterocycles. The fraction of sp³-hybridized carbons (Fsp3) is 0.227. The van der Waals surface area contributed by atoms with Gasteiger partial charge in [-0.1, -0.05) is 30.3 Å². The standard InChI is InChI=1S/C22H21N3O4S/c1-24(22(30)23-16-7-9-17(10-8-16)25(27)28)21-15(12-26)13-29-19-11-6-14-4-2-3-5-18(14)20(19)21/h2-11,15,21,26H,12-13H2,1H3,(H,23,30)/t15-,21-/m0/s1. The highest BCUT2D eigenvalue weighted by atomic mass is 32.1. The van der Waals surface area contributed by atoms with Crippen LogP contribution in [-0.2, 0) is 0 Å². The summed E-state index contributed by atoms with van der Waals surface area (Å²) < 4.78 is 5.93. The van der Waals surface area contributed by atoms with Gasteiger partial charge in [0, 0.05) is 36.3 Å². The molecule has 0 saturated heterocycles. The fourth-order valence-corrected chi connectivity index (χ4v) is 4.13. The Morgan fingerprint density at radius 2 is 1.97 bits per heavy atom. The van der Waals surface area contributed by atoms with Crippen molar-refractivity contribution < 1.29 is 14.8 Å². The minimum Gasteiger partial charge on any atom is -0.493 e. The zero-order valence-electron chi connectivity index (χ0n) is 16.3. The van der Waals surface area contributed by atoms with Gasteiger partial charge in [0.25, 0.3) is 5.69 Å². The fourth-order valence-electron chi connectivity index (χ4n) is 3.90. The van der Waals surface area contributed by atoms with E-state index in [0.717, 1.165) is 22.1 Å². The van der Waals surface area contributed by atoms with Gasteiger partial charge in [0.05, 0.1) is 24.2 Å². The summed E-state index contributed by atoms with van der Waals surface area (Å²) in [7, 11) is 1.88. The number of nitrogens with one attached hydrogen (secondary N) is 1. The second kappa shape index (κ2) is 8.25. The van der Waals surface area contributed by atoms with Gasteiger partial charge in [0.15, 0.2) is 5.11 Å². The predicted octanol–water partition coefficient (Wildman–Crippen LogP) is 4.12. The number of rotatable bonds is 4. The van der Waals surface area contributed by atoms with E-state index >= 15 is 0 Å². The molecule has 0 fully saturated rings. The first-order valence-electron chi connectivity index (χ1n) is 9.53. The number of nitro groups is 1. The lowest BCUT2D eigenvalue weighted by atomic mass is 9.87. The smallest absolute Gasteiger partial charge is 0.269 e. The molecule has 3 aromatic carbocycles. The van der Waals surface area contributed by atoms with Crippen LogP contribution in [0.2, 0.25) is 0 Å². The topological polar surface area (TPSA) is 87.9 Å². The lowest BCUT2D eigenvalue weighted by Gasteiger charge is -2.40. The Bertz CT molecular complexity index is 1100. The molecular weight excluding hydrogens is 402 g/mol. The number of nitro benzene ring substituents is 1. The number of fused-ring (bicyclic) bond motifs is 3. The first-order chi connectivity index (χ1) is 14.5. The number of ether oxygens (including phenoxy) is 1. The van der Waals surface area contributed by atoms with E-state index in [4.69, 9.17) is 17.0 Å². The van der Waals surface area contributed by atoms with E-state index < -0.39 is 4.92 Å². The molecule has 0 spiro atoms. The van der Waals surface area contributed by atoms with Gasteiger partial charge in [0.2, 0.25) is 0 Å². The van der Waals surface area contributed by atoms with E-state index in [9.17, 15) is 15.2 Å². The maximum atomic E-state index is 10.9. The SMILES string of the molecule is CN(C(=S)Nc1ccc([N+](=O)[O-])cc1)[C@@H]1c2c(ccc3ccccc23)OC[C@@H]1CO. The number of aliphatic hydroxyl groups excluding tert-OH is 1. The van der Waals surface area contributed by atoms with Crippen molar-refractivity contribution in [1.82, 2.24) is 4.90 Å². The Morgan fingerprint density at radius 3 is 2.67 bits per heavy atom. The van der Waals surface area contributed by atoms with Crippen molar-refractivity contribution in [2.24, 2.45) is 5.92 Å². The Hall–Kier alpha value is -3.23. The number of thiocarbonyl (C=S) groups is 1. The first kappa shape index (κ1) is 20.1. The van der Waals surface area contributed by atoms with Crippen LogP contribution in [0.5, 0.6) is 5.75 Å². The van der Waals surface area contributed by atoms with Gasteiger partial charge >= 0.3 is 0 Å². The lowest BCUT2D eigenvalue weighted by molar-refractivity contribution is -0.384. The van der Waals surface area contributed by atoms with Crippen molar-refractivity contribution in [2.75, 3.05) is 25.6 Å². The van der Waals surface area contributed by atoms with Gasteiger partial charge in [-0.15, -0.1) is 0 Å². The van der Waals surface area contributed by atoms with Gasteiger partial charge in [-0.2, -0.15) is 0 Å². The summed E-state index contributed by atoms with van der Waals surface area (Å²) in [4.78, 5) is 12.3. The molecule has 2 N–H and O–H groups in total. The van der Waals surface area contributed by atoms with Crippen LogP contribution in [0.4, 0.5) is 11.4 Å². The molecule has 7 nitrogen and oxygen atoms in total. The molecule has 30 heavy (non-hydrogen) atoms. The minimum atomic E-state index is -0.440. The van der Waals surface area contributed by atoms with E-state index in [0.29, 0.717) is 17.4 Å². The molecule has 1 heterocycles. The van der Waals surface area contributed by atoms with Gasteiger partial charge < -0.3 is 20.1 Å².